The van der Waals surface area contributed by atoms with Gasteiger partial charge >= 0.3 is 0 Å². The molecule has 2 heterocycles. The van der Waals surface area contributed by atoms with Crippen LogP contribution >= 0.6 is 0 Å². The van der Waals surface area contributed by atoms with Crippen LogP contribution in [-0.4, -0.2) is 16.7 Å². The summed E-state index contributed by atoms with van der Waals surface area (Å²) in [6.45, 7) is 1.87. The van der Waals surface area contributed by atoms with Crippen molar-refractivity contribution in [1.82, 2.24) is 14.9 Å². The summed E-state index contributed by atoms with van der Waals surface area (Å²) < 4.78 is 8.18. The minimum absolute atomic E-state index is 0.326. The minimum atomic E-state index is 0.326. The molecule has 4 bridgehead atoms. The molecule has 5 aliphatic rings. The smallest absolute Gasteiger partial charge is 0.297 e. The lowest BCUT2D eigenvalue weighted by molar-refractivity contribution is -0.0473. The molecule has 4 heteroatoms. The maximum atomic E-state index is 5.66. The maximum Gasteiger partial charge on any atom is 0.297 e. The van der Waals surface area contributed by atoms with Crippen LogP contribution in [0.15, 0.2) is 0 Å². The van der Waals surface area contributed by atoms with E-state index in [1.807, 2.05) is 0 Å². The summed E-state index contributed by atoms with van der Waals surface area (Å²) in [5.41, 5.74) is 2.95. The Kier molecular flexibility index (Phi) is 2.20. The first-order valence-electron chi connectivity index (χ1n) is 8.13. The number of aromatic nitrogens is 2. The molecule has 0 spiro atoms. The number of rotatable bonds is 2. The predicted molar refractivity (Wildman–Crippen MR) is 75.5 cm³/mol. The van der Waals surface area contributed by atoms with Gasteiger partial charge in [-0.05, 0) is 56.3 Å². The molecule has 1 aromatic rings. The van der Waals surface area contributed by atoms with Crippen molar-refractivity contribution in [2.75, 3.05) is 7.11 Å². The van der Waals surface area contributed by atoms with E-state index in [0.29, 0.717) is 5.54 Å². The van der Waals surface area contributed by atoms with Gasteiger partial charge in [-0.3, -0.25) is 4.57 Å². The van der Waals surface area contributed by atoms with Crippen LogP contribution in [0.25, 0.3) is 0 Å². The summed E-state index contributed by atoms with van der Waals surface area (Å²) in [6.07, 6.45) is 8.53. The molecule has 0 saturated heterocycles. The van der Waals surface area contributed by atoms with E-state index in [2.05, 4.69) is 9.88 Å². The van der Waals surface area contributed by atoms with Gasteiger partial charge in [-0.15, -0.1) is 0 Å². The van der Waals surface area contributed by atoms with E-state index in [1.165, 1.54) is 49.9 Å². The van der Waals surface area contributed by atoms with Gasteiger partial charge in [0.05, 0.1) is 24.0 Å². The number of methoxy groups -OCH3 is 1. The summed E-state index contributed by atoms with van der Waals surface area (Å²) in [7, 11) is 1.78. The molecule has 0 radical (unpaired) electrons. The first-order chi connectivity index (χ1) is 9.77. The average molecular weight is 273 g/mol. The van der Waals surface area contributed by atoms with E-state index in [4.69, 9.17) is 9.72 Å². The third kappa shape index (κ3) is 1.38. The molecular formula is C16H23N3O. The Morgan fingerprint density at radius 1 is 1.10 bits per heavy atom. The summed E-state index contributed by atoms with van der Waals surface area (Å²) in [4.78, 5) is 4.74. The van der Waals surface area contributed by atoms with E-state index < -0.39 is 0 Å². The van der Waals surface area contributed by atoms with Gasteiger partial charge in [-0.25, -0.2) is 0 Å². The van der Waals surface area contributed by atoms with E-state index in [0.717, 1.165) is 36.9 Å². The molecule has 0 aromatic carbocycles. The second-order valence-corrected chi connectivity index (χ2v) is 7.57. The fourth-order valence-electron chi connectivity index (χ4n) is 6.06. The lowest BCUT2D eigenvalue weighted by Gasteiger charge is -2.57. The second kappa shape index (κ2) is 3.79. The van der Waals surface area contributed by atoms with Crippen molar-refractivity contribution >= 4 is 0 Å². The molecule has 1 N–H and O–H groups in total. The summed E-state index contributed by atoms with van der Waals surface area (Å²) >= 11 is 0. The fourth-order valence-corrected chi connectivity index (χ4v) is 6.06. The highest BCUT2D eigenvalue weighted by Gasteiger charge is 2.53. The number of nitrogens with one attached hydrogen (secondary N) is 1. The van der Waals surface area contributed by atoms with Crippen molar-refractivity contribution in [2.45, 2.75) is 57.2 Å². The Hall–Kier alpha value is -1.03. The number of imidazole rings is 1. The van der Waals surface area contributed by atoms with Crippen LogP contribution in [0.4, 0.5) is 0 Å². The van der Waals surface area contributed by atoms with Crippen molar-refractivity contribution in [2.24, 2.45) is 17.8 Å². The molecule has 4 saturated carbocycles. The molecule has 4 nitrogen and oxygen atoms in total. The third-order valence-corrected chi connectivity index (χ3v) is 6.27. The van der Waals surface area contributed by atoms with Crippen LogP contribution in [-0.2, 0) is 18.6 Å². The first-order valence-corrected chi connectivity index (χ1v) is 8.13. The molecule has 0 unspecified atom stereocenters. The minimum Gasteiger partial charge on any atom is -0.468 e. The Balaban J connectivity index is 1.66. The van der Waals surface area contributed by atoms with Crippen molar-refractivity contribution < 1.29 is 4.74 Å². The largest absolute Gasteiger partial charge is 0.468 e. The molecule has 4 aliphatic carbocycles. The van der Waals surface area contributed by atoms with Crippen LogP contribution in [0.5, 0.6) is 6.01 Å². The topological polar surface area (TPSA) is 39.1 Å². The molecule has 0 amide bonds. The molecule has 6 rings (SSSR count). The van der Waals surface area contributed by atoms with E-state index in [-0.39, 0.29) is 0 Å². The number of ether oxygens (including phenoxy) is 1. The lowest BCUT2D eigenvalue weighted by atomic mass is 9.53. The van der Waals surface area contributed by atoms with Gasteiger partial charge in [0.25, 0.3) is 6.01 Å². The number of hydrogen-bond acceptors (Lipinski definition) is 3. The van der Waals surface area contributed by atoms with Crippen LogP contribution in [0, 0.1) is 17.8 Å². The second-order valence-electron chi connectivity index (χ2n) is 7.57. The zero-order chi connectivity index (χ0) is 13.3. The van der Waals surface area contributed by atoms with Gasteiger partial charge < -0.3 is 10.1 Å². The normalized spacial score (nSPS) is 41.1. The molecule has 0 atom stereocenters. The van der Waals surface area contributed by atoms with Crippen LogP contribution in [0.2, 0.25) is 0 Å². The average Bonchev–Trinajstić information content (AvgIpc) is 2.95. The van der Waals surface area contributed by atoms with E-state index in [9.17, 15) is 0 Å². The van der Waals surface area contributed by atoms with Gasteiger partial charge in [0, 0.05) is 13.1 Å². The number of fused-ring (bicyclic) bond motifs is 1. The molecule has 1 aliphatic heterocycles. The summed E-state index contributed by atoms with van der Waals surface area (Å²) in [5.74, 6) is 2.87. The highest BCUT2D eigenvalue weighted by Crippen LogP contribution is 2.60. The fraction of sp³-hybridized carbons (Fsp3) is 0.812. The van der Waals surface area contributed by atoms with Gasteiger partial charge in [0.1, 0.15) is 0 Å². The standard InChI is InChI=1S/C16H23N3O/c1-20-15-18-13-8-17-9-14(13)19(15)16-5-10-2-11(6-16)4-12(3-10)7-16/h10-12,17H,2-9H2,1H3. The monoisotopic (exact) mass is 273 g/mol. The molecule has 4 fully saturated rings. The van der Waals surface area contributed by atoms with Gasteiger partial charge in [0.15, 0.2) is 0 Å². The van der Waals surface area contributed by atoms with Crippen molar-refractivity contribution in [3.63, 3.8) is 0 Å². The third-order valence-electron chi connectivity index (χ3n) is 6.27. The Morgan fingerprint density at radius 2 is 1.75 bits per heavy atom. The summed E-state index contributed by atoms with van der Waals surface area (Å²) in [6, 6.07) is 0.874. The Morgan fingerprint density at radius 3 is 2.35 bits per heavy atom. The van der Waals surface area contributed by atoms with Crippen LogP contribution in [0.1, 0.15) is 49.9 Å². The Bertz CT molecular complexity index is 527. The summed E-state index contributed by atoms with van der Waals surface area (Å²) in [5, 5.41) is 3.45. The van der Waals surface area contributed by atoms with Crippen LogP contribution in [0.3, 0.4) is 0 Å². The molecule has 108 valence electrons. The molecule has 20 heavy (non-hydrogen) atoms. The first kappa shape index (κ1) is 11.6. The predicted octanol–water partition coefficient (Wildman–Crippen LogP) is 2.42. The van der Waals surface area contributed by atoms with Gasteiger partial charge in [0.2, 0.25) is 0 Å². The zero-order valence-electron chi connectivity index (χ0n) is 12.2. The maximum absolute atomic E-state index is 5.66. The molecular weight excluding hydrogens is 250 g/mol. The van der Waals surface area contributed by atoms with Gasteiger partial charge in [-0.2, -0.15) is 4.98 Å². The quantitative estimate of drug-likeness (QED) is 0.899. The number of nitrogens with zero attached hydrogens (tertiary/aromatic N) is 2. The van der Waals surface area contributed by atoms with E-state index in [1.54, 1.807) is 7.11 Å². The SMILES string of the molecule is COc1nc2c(n1C13CC4CC(CC(C4)C1)C3)CNC2. The zero-order valence-corrected chi connectivity index (χ0v) is 12.2. The highest BCUT2D eigenvalue weighted by molar-refractivity contribution is 5.28. The highest BCUT2D eigenvalue weighted by atomic mass is 16.5. The van der Waals surface area contributed by atoms with Gasteiger partial charge in [-0.1, -0.05) is 0 Å². The molecule has 1 aromatic heterocycles. The lowest BCUT2D eigenvalue weighted by Crippen LogP contribution is -2.52. The van der Waals surface area contributed by atoms with Crippen molar-refractivity contribution in [1.29, 1.82) is 0 Å². The van der Waals surface area contributed by atoms with Crippen molar-refractivity contribution in [3.8, 4) is 6.01 Å². The Labute approximate surface area is 119 Å². The van der Waals surface area contributed by atoms with Crippen LogP contribution < -0.4 is 10.1 Å². The van der Waals surface area contributed by atoms with Crippen molar-refractivity contribution in [3.05, 3.63) is 11.4 Å². The van der Waals surface area contributed by atoms with E-state index >= 15 is 0 Å². The number of hydrogen-bond donors (Lipinski definition) is 1.